The Kier molecular flexibility index (Phi) is 5.38. The van der Waals surface area contributed by atoms with Crippen LogP contribution in [0.25, 0.3) is 0 Å². The molecule has 0 aromatic heterocycles. The third-order valence-electron chi connectivity index (χ3n) is 5.17. The summed E-state index contributed by atoms with van der Waals surface area (Å²) in [6.45, 7) is 5.38. The number of hydrogen-bond donors (Lipinski definition) is 2. The molecule has 3 atom stereocenters. The van der Waals surface area contributed by atoms with Crippen molar-refractivity contribution in [2.75, 3.05) is 18.4 Å². The molecule has 1 aliphatic heterocycles. The van der Waals surface area contributed by atoms with Crippen LogP contribution in [0.5, 0.6) is 0 Å². The first-order valence-electron chi connectivity index (χ1n) is 8.89. The van der Waals surface area contributed by atoms with Gasteiger partial charge in [0.1, 0.15) is 0 Å². The fourth-order valence-corrected chi connectivity index (χ4v) is 3.52. The lowest BCUT2D eigenvalue weighted by molar-refractivity contribution is -0.142. The Labute approximate surface area is 153 Å². The SMILES string of the molecule is CC(c1cccc(NC(=O)c2ccccc2)c1)N1C[C@@H](C)[C@H](C(=O)O)C1. The van der Waals surface area contributed by atoms with Gasteiger partial charge in [-0.25, -0.2) is 0 Å². The summed E-state index contributed by atoms with van der Waals surface area (Å²) in [5.74, 6) is -1.05. The second-order valence-electron chi connectivity index (χ2n) is 7.00. The predicted octanol–water partition coefficient (Wildman–Crippen LogP) is 3.65. The Balaban J connectivity index is 1.71. The number of carbonyl (C=O) groups is 2. The zero-order chi connectivity index (χ0) is 18.7. The third kappa shape index (κ3) is 3.94. The van der Waals surface area contributed by atoms with Crippen molar-refractivity contribution in [3.63, 3.8) is 0 Å². The Bertz CT molecular complexity index is 791. The monoisotopic (exact) mass is 352 g/mol. The molecule has 0 radical (unpaired) electrons. The molecule has 0 saturated carbocycles. The van der Waals surface area contributed by atoms with Crippen molar-refractivity contribution in [2.45, 2.75) is 19.9 Å². The fraction of sp³-hybridized carbons (Fsp3) is 0.333. The maximum absolute atomic E-state index is 12.3. The molecule has 136 valence electrons. The smallest absolute Gasteiger partial charge is 0.308 e. The summed E-state index contributed by atoms with van der Waals surface area (Å²) in [6, 6.07) is 17.0. The zero-order valence-corrected chi connectivity index (χ0v) is 15.1. The van der Waals surface area contributed by atoms with Crippen molar-refractivity contribution < 1.29 is 14.7 Å². The number of aliphatic carboxylic acids is 1. The van der Waals surface area contributed by atoms with Gasteiger partial charge in [0.15, 0.2) is 0 Å². The van der Waals surface area contributed by atoms with E-state index in [2.05, 4.69) is 17.1 Å². The van der Waals surface area contributed by atoms with E-state index in [1.54, 1.807) is 12.1 Å². The highest BCUT2D eigenvalue weighted by Gasteiger charge is 2.36. The van der Waals surface area contributed by atoms with E-state index in [0.29, 0.717) is 12.1 Å². The van der Waals surface area contributed by atoms with E-state index < -0.39 is 5.97 Å². The number of carbonyl (C=O) groups excluding carboxylic acids is 1. The Morgan fingerprint density at radius 2 is 1.85 bits per heavy atom. The van der Waals surface area contributed by atoms with Crippen molar-refractivity contribution in [1.29, 1.82) is 0 Å². The van der Waals surface area contributed by atoms with Crippen LogP contribution in [-0.2, 0) is 4.79 Å². The molecule has 1 heterocycles. The summed E-state index contributed by atoms with van der Waals surface area (Å²) in [7, 11) is 0. The molecule has 0 bridgehead atoms. The van der Waals surface area contributed by atoms with Gasteiger partial charge in [-0.3, -0.25) is 14.5 Å². The number of anilines is 1. The summed E-state index contributed by atoms with van der Waals surface area (Å²) < 4.78 is 0. The number of carboxylic acid groups (broad SMARTS) is 1. The molecule has 5 heteroatoms. The first-order valence-corrected chi connectivity index (χ1v) is 8.89. The van der Waals surface area contributed by atoms with Crippen LogP contribution in [0, 0.1) is 11.8 Å². The van der Waals surface area contributed by atoms with E-state index in [4.69, 9.17) is 0 Å². The number of nitrogens with one attached hydrogen (secondary N) is 1. The second kappa shape index (κ2) is 7.70. The Hall–Kier alpha value is -2.66. The van der Waals surface area contributed by atoms with Gasteiger partial charge in [0.2, 0.25) is 0 Å². The molecule has 3 rings (SSSR count). The largest absolute Gasteiger partial charge is 0.481 e. The summed E-state index contributed by atoms with van der Waals surface area (Å²) in [5.41, 5.74) is 2.42. The number of likely N-dealkylation sites (tertiary alicyclic amines) is 1. The average Bonchev–Trinajstić information content (AvgIpc) is 3.04. The standard InChI is InChI=1S/C21H24N2O3/c1-14-12-23(13-19(14)21(25)26)15(2)17-9-6-10-18(11-17)22-20(24)16-7-4-3-5-8-16/h3-11,14-15,19H,12-13H2,1-2H3,(H,22,24)(H,25,26)/t14-,15?,19-/m1/s1. The Morgan fingerprint density at radius 1 is 1.12 bits per heavy atom. The molecule has 5 nitrogen and oxygen atoms in total. The van der Waals surface area contributed by atoms with Gasteiger partial charge in [-0.15, -0.1) is 0 Å². The summed E-state index contributed by atoms with van der Waals surface area (Å²) in [6.07, 6.45) is 0. The number of amides is 1. The van der Waals surface area contributed by atoms with Gasteiger partial charge >= 0.3 is 5.97 Å². The minimum atomic E-state index is -0.726. The van der Waals surface area contributed by atoms with Crippen LogP contribution in [0.4, 0.5) is 5.69 Å². The van der Waals surface area contributed by atoms with Gasteiger partial charge in [-0.05, 0) is 42.7 Å². The van der Waals surface area contributed by atoms with Gasteiger partial charge in [0.05, 0.1) is 5.92 Å². The Morgan fingerprint density at radius 3 is 2.50 bits per heavy atom. The minimum Gasteiger partial charge on any atom is -0.481 e. The van der Waals surface area contributed by atoms with Crippen LogP contribution >= 0.6 is 0 Å². The van der Waals surface area contributed by atoms with Crippen molar-refractivity contribution in [1.82, 2.24) is 4.90 Å². The van der Waals surface area contributed by atoms with Crippen LogP contribution in [0.2, 0.25) is 0 Å². The van der Waals surface area contributed by atoms with Crippen LogP contribution < -0.4 is 5.32 Å². The highest BCUT2D eigenvalue weighted by Crippen LogP contribution is 2.31. The van der Waals surface area contributed by atoms with Crippen molar-refractivity contribution in [3.8, 4) is 0 Å². The zero-order valence-electron chi connectivity index (χ0n) is 15.1. The average molecular weight is 352 g/mol. The van der Waals surface area contributed by atoms with Crippen molar-refractivity contribution in [3.05, 3.63) is 65.7 Å². The molecular weight excluding hydrogens is 328 g/mol. The molecule has 0 aliphatic carbocycles. The van der Waals surface area contributed by atoms with Crippen LogP contribution in [0.15, 0.2) is 54.6 Å². The van der Waals surface area contributed by atoms with E-state index >= 15 is 0 Å². The van der Waals surface area contributed by atoms with E-state index in [0.717, 1.165) is 17.8 Å². The summed E-state index contributed by atoms with van der Waals surface area (Å²) >= 11 is 0. The fourth-order valence-electron chi connectivity index (χ4n) is 3.52. The quantitative estimate of drug-likeness (QED) is 0.862. The lowest BCUT2D eigenvalue weighted by Gasteiger charge is -2.25. The van der Waals surface area contributed by atoms with Gasteiger partial charge < -0.3 is 10.4 Å². The molecule has 1 amide bonds. The first-order chi connectivity index (χ1) is 12.5. The van der Waals surface area contributed by atoms with Gasteiger partial charge in [0, 0.05) is 30.4 Å². The molecule has 1 aliphatic rings. The van der Waals surface area contributed by atoms with Crippen LogP contribution in [0.3, 0.4) is 0 Å². The van der Waals surface area contributed by atoms with E-state index in [1.165, 1.54) is 0 Å². The second-order valence-corrected chi connectivity index (χ2v) is 7.00. The number of benzene rings is 2. The van der Waals surface area contributed by atoms with E-state index in [9.17, 15) is 14.7 Å². The molecule has 1 fully saturated rings. The molecule has 2 N–H and O–H groups in total. The topological polar surface area (TPSA) is 69.6 Å². The predicted molar refractivity (Wildman–Crippen MR) is 101 cm³/mol. The lowest BCUT2D eigenvalue weighted by Crippen LogP contribution is -2.26. The maximum Gasteiger partial charge on any atom is 0.308 e. The first kappa shape index (κ1) is 18.1. The molecule has 1 saturated heterocycles. The lowest BCUT2D eigenvalue weighted by atomic mass is 9.99. The third-order valence-corrected chi connectivity index (χ3v) is 5.17. The number of hydrogen-bond acceptors (Lipinski definition) is 3. The van der Waals surface area contributed by atoms with Gasteiger partial charge in [0.25, 0.3) is 5.91 Å². The minimum absolute atomic E-state index is 0.0929. The van der Waals surface area contributed by atoms with Crippen LogP contribution in [0.1, 0.15) is 35.8 Å². The molecule has 2 aromatic carbocycles. The van der Waals surface area contributed by atoms with E-state index in [1.807, 2.05) is 49.4 Å². The van der Waals surface area contributed by atoms with Crippen molar-refractivity contribution >= 4 is 17.6 Å². The molecule has 26 heavy (non-hydrogen) atoms. The number of carboxylic acids is 1. The number of nitrogens with zero attached hydrogens (tertiary/aromatic N) is 1. The molecule has 1 unspecified atom stereocenters. The highest BCUT2D eigenvalue weighted by molar-refractivity contribution is 6.04. The van der Waals surface area contributed by atoms with Gasteiger partial charge in [-0.2, -0.15) is 0 Å². The molecule has 2 aromatic rings. The van der Waals surface area contributed by atoms with Crippen molar-refractivity contribution in [2.24, 2.45) is 11.8 Å². The maximum atomic E-state index is 12.3. The summed E-state index contributed by atoms with van der Waals surface area (Å²) in [5, 5.41) is 12.3. The normalized spacial score (nSPS) is 21.3. The summed E-state index contributed by atoms with van der Waals surface area (Å²) in [4.78, 5) is 25.9. The van der Waals surface area contributed by atoms with E-state index in [-0.39, 0.29) is 23.8 Å². The number of rotatable bonds is 5. The highest BCUT2D eigenvalue weighted by atomic mass is 16.4. The van der Waals surface area contributed by atoms with Crippen LogP contribution in [-0.4, -0.2) is 35.0 Å². The van der Waals surface area contributed by atoms with Gasteiger partial charge in [-0.1, -0.05) is 37.3 Å². The molecule has 0 spiro atoms. The molecular formula is C21H24N2O3.